The van der Waals surface area contributed by atoms with Crippen molar-refractivity contribution in [2.75, 3.05) is 19.5 Å². The highest BCUT2D eigenvalue weighted by atomic mass is 32.1. The number of esters is 1. The number of aromatic nitrogens is 1. The standard InChI is InChI=1S/C20H20N2O4S/c1-3-25-19(23)16-10-14(17-12-27-20(21)22-17)7-8-18(16)26-11-13-5-4-6-15(9-13)24-2/h4-10,12H,3,11H2,1-2H3,(H2,21,22). The Morgan fingerprint density at radius 3 is 2.78 bits per heavy atom. The summed E-state index contributed by atoms with van der Waals surface area (Å²) in [5.41, 5.74) is 8.48. The van der Waals surface area contributed by atoms with Crippen LogP contribution < -0.4 is 15.2 Å². The summed E-state index contributed by atoms with van der Waals surface area (Å²) in [6, 6.07) is 12.9. The van der Waals surface area contributed by atoms with Crippen LogP contribution in [0, 0.1) is 0 Å². The Labute approximate surface area is 161 Å². The van der Waals surface area contributed by atoms with Gasteiger partial charge in [-0.25, -0.2) is 9.78 Å². The van der Waals surface area contributed by atoms with Gasteiger partial charge in [-0.05, 0) is 42.8 Å². The normalized spacial score (nSPS) is 10.4. The number of hydrogen-bond donors (Lipinski definition) is 1. The molecule has 0 fully saturated rings. The molecule has 0 saturated heterocycles. The number of carbonyl (C=O) groups excluding carboxylic acids is 1. The van der Waals surface area contributed by atoms with Crippen molar-refractivity contribution in [3.8, 4) is 22.8 Å². The number of rotatable bonds is 7. The summed E-state index contributed by atoms with van der Waals surface area (Å²) in [7, 11) is 1.61. The summed E-state index contributed by atoms with van der Waals surface area (Å²) >= 11 is 1.35. The molecule has 0 unspecified atom stereocenters. The van der Waals surface area contributed by atoms with Gasteiger partial charge in [-0.3, -0.25) is 0 Å². The third-order valence-corrected chi connectivity index (χ3v) is 4.49. The van der Waals surface area contributed by atoms with Gasteiger partial charge in [-0.2, -0.15) is 0 Å². The predicted molar refractivity (Wildman–Crippen MR) is 105 cm³/mol. The molecule has 0 aliphatic carbocycles. The first-order valence-electron chi connectivity index (χ1n) is 8.39. The van der Waals surface area contributed by atoms with Gasteiger partial charge in [0.25, 0.3) is 0 Å². The average Bonchev–Trinajstić information content (AvgIpc) is 3.13. The molecular weight excluding hydrogens is 364 g/mol. The van der Waals surface area contributed by atoms with Crippen LogP contribution in [0.4, 0.5) is 5.13 Å². The number of benzene rings is 2. The van der Waals surface area contributed by atoms with E-state index in [9.17, 15) is 4.79 Å². The van der Waals surface area contributed by atoms with Crippen molar-refractivity contribution in [3.63, 3.8) is 0 Å². The van der Waals surface area contributed by atoms with Crippen LogP contribution >= 0.6 is 11.3 Å². The third kappa shape index (κ3) is 4.57. The van der Waals surface area contributed by atoms with E-state index < -0.39 is 5.97 Å². The molecule has 0 saturated carbocycles. The Balaban J connectivity index is 1.87. The molecule has 0 atom stereocenters. The maximum Gasteiger partial charge on any atom is 0.341 e. The zero-order valence-electron chi connectivity index (χ0n) is 15.1. The molecule has 140 valence electrons. The Kier molecular flexibility index (Phi) is 5.93. The summed E-state index contributed by atoms with van der Waals surface area (Å²) in [6.07, 6.45) is 0. The van der Waals surface area contributed by atoms with Gasteiger partial charge in [0.15, 0.2) is 5.13 Å². The minimum Gasteiger partial charge on any atom is -0.497 e. The lowest BCUT2D eigenvalue weighted by molar-refractivity contribution is 0.0521. The quantitative estimate of drug-likeness (QED) is 0.616. The molecule has 6 nitrogen and oxygen atoms in total. The van der Waals surface area contributed by atoms with Crippen molar-refractivity contribution in [2.24, 2.45) is 0 Å². The molecule has 1 aromatic heterocycles. The fourth-order valence-corrected chi connectivity index (χ4v) is 3.10. The molecule has 0 radical (unpaired) electrons. The summed E-state index contributed by atoms with van der Waals surface area (Å²) in [4.78, 5) is 16.7. The van der Waals surface area contributed by atoms with E-state index in [1.54, 1.807) is 26.2 Å². The maximum absolute atomic E-state index is 12.4. The van der Waals surface area contributed by atoms with Crippen LogP contribution in [0.5, 0.6) is 11.5 Å². The lowest BCUT2D eigenvalue weighted by Gasteiger charge is -2.13. The summed E-state index contributed by atoms with van der Waals surface area (Å²) in [5, 5.41) is 2.32. The van der Waals surface area contributed by atoms with Crippen molar-refractivity contribution >= 4 is 22.4 Å². The SMILES string of the molecule is CCOC(=O)c1cc(-c2csc(N)n2)ccc1OCc1cccc(OC)c1. The van der Waals surface area contributed by atoms with Gasteiger partial charge < -0.3 is 19.9 Å². The van der Waals surface area contributed by atoms with Crippen LogP contribution in [-0.4, -0.2) is 24.7 Å². The Morgan fingerprint density at radius 2 is 2.07 bits per heavy atom. The first-order valence-corrected chi connectivity index (χ1v) is 9.27. The second kappa shape index (κ2) is 8.55. The van der Waals surface area contributed by atoms with Crippen LogP contribution in [0.3, 0.4) is 0 Å². The monoisotopic (exact) mass is 384 g/mol. The lowest BCUT2D eigenvalue weighted by atomic mass is 10.1. The van der Waals surface area contributed by atoms with E-state index in [2.05, 4.69) is 4.98 Å². The lowest BCUT2D eigenvalue weighted by Crippen LogP contribution is -2.08. The van der Waals surface area contributed by atoms with Crippen LogP contribution in [0.25, 0.3) is 11.3 Å². The fourth-order valence-electron chi connectivity index (χ4n) is 2.53. The maximum atomic E-state index is 12.4. The Morgan fingerprint density at radius 1 is 1.22 bits per heavy atom. The molecule has 0 spiro atoms. The molecule has 2 N–H and O–H groups in total. The van der Waals surface area contributed by atoms with E-state index in [1.807, 2.05) is 35.7 Å². The molecule has 3 rings (SSSR count). The van der Waals surface area contributed by atoms with Gasteiger partial charge in [0.2, 0.25) is 0 Å². The zero-order valence-corrected chi connectivity index (χ0v) is 15.9. The van der Waals surface area contributed by atoms with Gasteiger partial charge in [-0.15, -0.1) is 11.3 Å². The highest BCUT2D eigenvalue weighted by Gasteiger charge is 2.16. The van der Waals surface area contributed by atoms with Gasteiger partial charge >= 0.3 is 5.97 Å². The molecule has 0 amide bonds. The second-order valence-electron chi connectivity index (χ2n) is 5.64. The van der Waals surface area contributed by atoms with E-state index in [0.29, 0.717) is 28.7 Å². The average molecular weight is 384 g/mol. The number of anilines is 1. The molecule has 0 aliphatic rings. The molecular formula is C20H20N2O4S. The Hall–Kier alpha value is -3.06. The van der Waals surface area contributed by atoms with E-state index in [-0.39, 0.29) is 6.61 Å². The van der Waals surface area contributed by atoms with Gasteiger partial charge in [-0.1, -0.05) is 12.1 Å². The van der Waals surface area contributed by atoms with E-state index in [1.165, 1.54) is 11.3 Å². The van der Waals surface area contributed by atoms with E-state index in [0.717, 1.165) is 16.9 Å². The summed E-state index contributed by atoms with van der Waals surface area (Å²) in [6.45, 7) is 2.34. The molecule has 1 heterocycles. The minimum absolute atomic E-state index is 0.280. The molecule has 27 heavy (non-hydrogen) atoms. The van der Waals surface area contributed by atoms with Crippen LogP contribution in [0.1, 0.15) is 22.8 Å². The van der Waals surface area contributed by atoms with Crippen LogP contribution in [-0.2, 0) is 11.3 Å². The number of nitrogen functional groups attached to an aromatic ring is 1. The zero-order chi connectivity index (χ0) is 19.2. The van der Waals surface area contributed by atoms with Crippen molar-refractivity contribution in [3.05, 3.63) is 59.0 Å². The van der Waals surface area contributed by atoms with Crippen molar-refractivity contribution in [1.29, 1.82) is 0 Å². The Bertz CT molecular complexity index is 939. The number of carbonyl (C=O) groups is 1. The molecule has 0 bridgehead atoms. The summed E-state index contributed by atoms with van der Waals surface area (Å²) in [5.74, 6) is 0.754. The smallest absolute Gasteiger partial charge is 0.341 e. The number of nitrogens with zero attached hydrogens (tertiary/aromatic N) is 1. The number of hydrogen-bond acceptors (Lipinski definition) is 7. The highest BCUT2D eigenvalue weighted by Crippen LogP contribution is 2.29. The fraction of sp³-hybridized carbons (Fsp3) is 0.200. The minimum atomic E-state index is -0.441. The van der Waals surface area contributed by atoms with Crippen LogP contribution in [0.2, 0.25) is 0 Å². The molecule has 3 aromatic rings. The van der Waals surface area contributed by atoms with Gasteiger partial charge in [0.05, 0.1) is 19.4 Å². The predicted octanol–water partition coefficient (Wildman–Crippen LogP) is 4.16. The second-order valence-corrected chi connectivity index (χ2v) is 6.53. The summed E-state index contributed by atoms with van der Waals surface area (Å²) < 4.78 is 16.3. The first kappa shape index (κ1) is 18.7. The van der Waals surface area contributed by atoms with Crippen LogP contribution in [0.15, 0.2) is 47.8 Å². The van der Waals surface area contributed by atoms with Crippen molar-refractivity contribution in [1.82, 2.24) is 4.98 Å². The largest absolute Gasteiger partial charge is 0.497 e. The number of thiazole rings is 1. The topological polar surface area (TPSA) is 83.7 Å². The highest BCUT2D eigenvalue weighted by molar-refractivity contribution is 7.13. The van der Waals surface area contributed by atoms with Crippen molar-refractivity contribution in [2.45, 2.75) is 13.5 Å². The molecule has 0 aliphatic heterocycles. The first-order chi connectivity index (χ1) is 13.1. The van der Waals surface area contributed by atoms with E-state index >= 15 is 0 Å². The molecule has 7 heteroatoms. The third-order valence-electron chi connectivity index (χ3n) is 3.82. The molecule has 2 aromatic carbocycles. The van der Waals surface area contributed by atoms with Gasteiger partial charge in [0.1, 0.15) is 23.7 Å². The van der Waals surface area contributed by atoms with Gasteiger partial charge in [0, 0.05) is 10.9 Å². The number of nitrogens with two attached hydrogens (primary N) is 1. The van der Waals surface area contributed by atoms with Crippen molar-refractivity contribution < 1.29 is 19.0 Å². The number of methoxy groups -OCH3 is 1. The number of ether oxygens (including phenoxy) is 3. The van der Waals surface area contributed by atoms with E-state index in [4.69, 9.17) is 19.9 Å².